The first-order valence-corrected chi connectivity index (χ1v) is 6.98. The molecule has 0 aliphatic heterocycles. The fourth-order valence-corrected chi connectivity index (χ4v) is 5.32. The molecule has 0 aromatic rings. The van der Waals surface area contributed by atoms with Crippen LogP contribution in [0.2, 0.25) is 0 Å². The molecular weight excluding hydrogens is 228 g/mol. The highest BCUT2D eigenvalue weighted by atomic mass is 16.2. The first-order valence-electron chi connectivity index (χ1n) is 6.98. The largest absolute Gasteiger partial charge is 0.359 e. The summed E-state index contributed by atoms with van der Waals surface area (Å²) in [4.78, 5) is 24.6. The maximum absolute atomic E-state index is 12.3. The minimum atomic E-state index is -0.259. The van der Waals surface area contributed by atoms with Gasteiger partial charge in [0, 0.05) is 14.1 Å². The lowest BCUT2D eigenvalue weighted by Crippen LogP contribution is -2.60. The fourth-order valence-electron chi connectivity index (χ4n) is 5.32. The fraction of sp³-hybridized carbons (Fsp3) is 0.857. The summed E-state index contributed by atoms with van der Waals surface area (Å²) in [5.41, 5.74) is -0.517. The molecule has 4 fully saturated rings. The number of carbonyl (C=O) groups is 2. The highest BCUT2D eigenvalue weighted by molar-refractivity contribution is 5.87. The van der Waals surface area contributed by atoms with E-state index in [9.17, 15) is 9.59 Å². The second-order valence-corrected chi connectivity index (χ2v) is 6.68. The van der Waals surface area contributed by atoms with Gasteiger partial charge in [0.1, 0.15) is 0 Å². The Morgan fingerprint density at radius 3 is 1.61 bits per heavy atom. The first-order chi connectivity index (χ1) is 8.53. The lowest BCUT2D eigenvalue weighted by molar-refractivity contribution is -0.166. The van der Waals surface area contributed by atoms with Gasteiger partial charge in [-0.2, -0.15) is 0 Å². The van der Waals surface area contributed by atoms with Gasteiger partial charge in [0.15, 0.2) is 0 Å². The van der Waals surface area contributed by atoms with Crippen molar-refractivity contribution in [3.8, 4) is 0 Å². The van der Waals surface area contributed by atoms with E-state index in [4.69, 9.17) is 0 Å². The molecule has 4 bridgehead atoms. The van der Waals surface area contributed by atoms with Gasteiger partial charge in [-0.25, -0.2) is 0 Å². The van der Waals surface area contributed by atoms with Gasteiger partial charge in [-0.3, -0.25) is 9.59 Å². The minimum Gasteiger partial charge on any atom is -0.359 e. The van der Waals surface area contributed by atoms with Crippen LogP contribution in [0.25, 0.3) is 0 Å². The van der Waals surface area contributed by atoms with Gasteiger partial charge in [-0.15, -0.1) is 0 Å². The Bertz CT molecular complexity index is 357. The Morgan fingerprint density at radius 1 is 0.889 bits per heavy atom. The zero-order chi connectivity index (χ0) is 13.0. The van der Waals surface area contributed by atoms with Crippen LogP contribution in [0.4, 0.5) is 0 Å². The third-order valence-electron chi connectivity index (χ3n) is 5.48. The predicted molar refractivity (Wildman–Crippen MR) is 67.7 cm³/mol. The van der Waals surface area contributed by atoms with Gasteiger partial charge in [-0.05, 0) is 50.4 Å². The van der Waals surface area contributed by atoms with E-state index in [1.807, 2.05) is 0 Å². The summed E-state index contributed by atoms with van der Waals surface area (Å²) in [7, 11) is 3.43. The Kier molecular flexibility index (Phi) is 2.48. The first kappa shape index (κ1) is 12.0. The van der Waals surface area contributed by atoms with Crippen LogP contribution >= 0.6 is 0 Å². The van der Waals surface area contributed by atoms with Crippen molar-refractivity contribution in [3.63, 3.8) is 0 Å². The molecule has 2 amide bonds. The molecule has 0 unspecified atom stereocenters. The molecule has 0 saturated heterocycles. The maximum atomic E-state index is 12.3. The molecule has 0 heterocycles. The van der Waals surface area contributed by atoms with Crippen molar-refractivity contribution < 1.29 is 9.59 Å². The van der Waals surface area contributed by atoms with Crippen LogP contribution in [0, 0.1) is 22.7 Å². The summed E-state index contributed by atoms with van der Waals surface area (Å²) in [5.74, 6) is 1.46. The van der Waals surface area contributed by atoms with Gasteiger partial charge in [0.05, 0.1) is 10.8 Å². The molecule has 0 radical (unpaired) electrons. The summed E-state index contributed by atoms with van der Waals surface area (Å²) in [6.45, 7) is 0. The number of carbonyl (C=O) groups excluding carboxylic acids is 2. The SMILES string of the molecule is CNC(=O)C12CC3CC(C1)CC(C(=O)NC)(C3)C2. The van der Waals surface area contributed by atoms with Crippen molar-refractivity contribution in [1.82, 2.24) is 10.6 Å². The summed E-state index contributed by atoms with van der Waals surface area (Å²) in [6.07, 6.45) is 5.93. The predicted octanol–water partition coefficient (Wildman–Crippen LogP) is 1.06. The van der Waals surface area contributed by atoms with Gasteiger partial charge in [-0.1, -0.05) is 0 Å². The van der Waals surface area contributed by atoms with Crippen molar-refractivity contribution in [2.24, 2.45) is 22.7 Å². The average molecular weight is 250 g/mol. The summed E-state index contributed by atoms with van der Waals surface area (Å²) in [6, 6.07) is 0. The van der Waals surface area contributed by atoms with Crippen molar-refractivity contribution in [2.45, 2.75) is 38.5 Å². The van der Waals surface area contributed by atoms with Crippen LogP contribution in [-0.4, -0.2) is 25.9 Å². The molecule has 4 aliphatic rings. The molecular formula is C14H22N2O2. The zero-order valence-electron chi connectivity index (χ0n) is 11.2. The van der Waals surface area contributed by atoms with Crippen molar-refractivity contribution in [2.75, 3.05) is 14.1 Å². The molecule has 0 atom stereocenters. The van der Waals surface area contributed by atoms with Gasteiger partial charge in [0.25, 0.3) is 0 Å². The zero-order valence-corrected chi connectivity index (χ0v) is 11.2. The molecule has 4 heteroatoms. The Hall–Kier alpha value is -1.06. The second-order valence-electron chi connectivity index (χ2n) is 6.68. The van der Waals surface area contributed by atoms with Gasteiger partial charge >= 0.3 is 0 Å². The maximum Gasteiger partial charge on any atom is 0.226 e. The molecule has 0 spiro atoms. The molecule has 0 aromatic heterocycles. The van der Waals surface area contributed by atoms with E-state index < -0.39 is 0 Å². The quantitative estimate of drug-likeness (QED) is 0.770. The second kappa shape index (κ2) is 3.72. The molecule has 2 N–H and O–H groups in total. The number of nitrogens with one attached hydrogen (secondary N) is 2. The van der Waals surface area contributed by atoms with Crippen LogP contribution < -0.4 is 10.6 Å². The van der Waals surface area contributed by atoms with E-state index in [-0.39, 0.29) is 22.6 Å². The van der Waals surface area contributed by atoms with Crippen molar-refractivity contribution >= 4 is 11.8 Å². The highest BCUT2D eigenvalue weighted by Crippen LogP contribution is 2.65. The van der Waals surface area contributed by atoms with E-state index in [0.717, 1.165) is 32.1 Å². The van der Waals surface area contributed by atoms with E-state index in [1.165, 1.54) is 6.42 Å². The Morgan fingerprint density at radius 2 is 1.28 bits per heavy atom. The molecule has 18 heavy (non-hydrogen) atoms. The Balaban J connectivity index is 1.97. The number of rotatable bonds is 2. The number of hydrogen-bond acceptors (Lipinski definition) is 2. The van der Waals surface area contributed by atoms with Crippen LogP contribution in [0.1, 0.15) is 38.5 Å². The third-order valence-corrected chi connectivity index (χ3v) is 5.48. The van der Waals surface area contributed by atoms with Crippen LogP contribution in [0.15, 0.2) is 0 Å². The summed E-state index contributed by atoms with van der Waals surface area (Å²) >= 11 is 0. The number of hydrogen-bond donors (Lipinski definition) is 2. The summed E-state index contributed by atoms with van der Waals surface area (Å²) < 4.78 is 0. The molecule has 4 saturated carbocycles. The topological polar surface area (TPSA) is 58.2 Å². The van der Waals surface area contributed by atoms with E-state index in [2.05, 4.69) is 10.6 Å². The van der Waals surface area contributed by atoms with Crippen LogP contribution in [-0.2, 0) is 9.59 Å². The van der Waals surface area contributed by atoms with Crippen LogP contribution in [0.3, 0.4) is 0 Å². The normalized spacial score (nSPS) is 44.8. The molecule has 4 aliphatic carbocycles. The smallest absolute Gasteiger partial charge is 0.226 e. The van der Waals surface area contributed by atoms with Crippen LogP contribution in [0.5, 0.6) is 0 Å². The van der Waals surface area contributed by atoms with Crippen molar-refractivity contribution in [3.05, 3.63) is 0 Å². The third kappa shape index (κ3) is 1.44. The van der Waals surface area contributed by atoms with E-state index >= 15 is 0 Å². The van der Waals surface area contributed by atoms with Gasteiger partial charge < -0.3 is 10.6 Å². The number of amides is 2. The highest BCUT2D eigenvalue weighted by Gasteiger charge is 2.62. The minimum absolute atomic E-state index is 0.157. The Labute approximate surface area is 108 Å². The van der Waals surface area contributed by atoms with Gasteiger partial charge in [0.2, 0.25) is 11.8 Å². The summed E-state index contributed by atoms with van der Waals surface area (Å²) in [5, 5.41) is 5.65. The molecule has 0 aromatic carbocycles. The molecule has 4 nitrogen and oxygen atoms in total. The van der Waals surface area contributed by atoms with E-state index in [0.29, 0.717) is 11.8 Å². The van der Waals surface area contributed by atoms with E-state index in [1.54, 1.807) is 14.1 Å². The lowest BCUT2D eigenvalue weighted by atomic mass is 9.43. The standard InChI is InChI=1S/C14H22N2O2/c1-15-11(17)13-4-9-3-10(5-13)7-14(6-9,8-13)12(18)16-2/h9-10H,3-8H2,1-2H3,(H,15,17)(H,16,18). The lowest BCUT2D eigenvalue weighted by Gasteiger charge is -2.60. The molecule has 4 rings (SSSR count). The monoisotopic (exact) mass is 250 g/mol. The average Bonchev–Trinajstić information content (AvgIpc) is 2.35. The molecule has 100 valence electrons. The van der Waals surface area contributed by atoms with Crippen molar-refractivity contribution in [1.29, 1.82) is 0 Å².